The van der Waals surface area contributed by atoms with Crippen LogP contribution < -0.4 is 0 Å². The summed E-state index contributed by atoms with van der Waals surface area (Å²) in [6.45, 7) is 1.20. The lowest BCUT2D eigenvalue weighted by atomic mass is 10.1. The van der Waals surface area contributed by atoms with Crippen LogP contribution in [0.15, 0.2) is 0 Å². The van der Waals surface area contributed by atoms with Crippen molar-refractivity contribution in [1.82, 2.24) is 0 Å². The average molecular weight is 260 g/mol. The minimum Gasteiger partial charge on any atom is -0.391 e. The fourth-order valence-corrected chi connectivity index (χ4v) is 1.61. The van der Waals surface area contributed by atoms with E-state index in [0.29, 0.717) is 0 Å². The van der Waals surface area contributed by atoms with Crippen LogP contribution in [-0.2, 0) is 9.09 Å². The van der Waals surface area contributed by atoms with Crippen LogP contribution in [0.4, 0.5) is 0 Å². The summed E-state index contributed by atoms with van der Waals surface area (Å²) >= 11 is 4.38. The SMILES string of the molecule is CC(O)[C@@H](O)[C@@H](O)[C@H](C=S)OP(=O)(O)O. The Labute approximate surface area is 91.6 Å². The zero-order valence-electron chi connectivity index (χ0n) is 7.79. The molecule has 4 atom stereocenters. The largest absolute Gasteiger partial charge is 0.470 e. The Morgan fingerprint density at radius 3 is 2.00 bits per heavy atom. The van der Waals surface area contributed by atoms with Gasteiger partial charge in [0.25, 0.3) is 0 Å². The molecular formula is C6H13O7PS. The molecule has 0 fully saturated rings. The number of aliphatic hydroxyl groups excluding tert-OH is 3. The Kier molecular flexibility index (Phi) is 6.01. The van der Waals surface area contributed by atoms with E-state index in [-0.39, 0.29) is 0 Å². The van der Waals surface area contributed by atoms with Crippen molar-refractivity contribution in [2.45, 2.75) is 31.3 Å². The van der Waals surface area contributed by atoms with Gasteiger partial charge in [0.15, 0.2) is 0 Å². The molecule has 0 bridgehead atoms. The molecule has 0 heterocycles. The topological polar surface area (TPSA) is 127 Å². The molecule has 0 radical (unpaired) electrons. The number of phosphoric ester groups is 1. The van der Waals surface area contributed by atoms with E-state index in [1.807, 2.05) is 0 Å². The van der Waals surface area contributed by atoms with Crippen molar-refractivity contribution < 1.29 is 34.2 Å². The molecule has 90 valence electrons. The maximum Gasteiger partial charge on any atom is 0.470 e. The zero-order chi connectivity index (χ0) is 12.2. The highest BCUT2D eigenvalue weighted by molar-refractivity contribution is 7.79. The molecule has 5 N–H and O–H groups in total. The summed E-state index contributed by atoms with van der Waals surface area (Å²) in [5.74, 6) is 0. The Hall–Kier alpha value is 0.0800. The smallest absolute Gasteiger partial charge is 0.391 e. The van der Waals surface area contributed by atoms with Crippen LogP contribution in [0, 0.1) is 0 Å². The molecule has 0 aliphatic carbocycles. The fourth-order valence-electron chi connectivity index (χ4n) is 0.806. The van der Waals surface area contributed by atoms with Crippen LogP contribution in [-0.4, -0.2) is 54.9 Å². The standard InChI is InChI=1S/C6H13O7PS/c1-3(7)5(8)6(9)4(2-15)13-14(10,11)12/h2-9H,1H3,(H2,10,11,12)/t3?,4-,5+,6-/m0/s1. The lowest BCUT2D eigenvalue weighted by Crippen LogP contribution is -2.44. The summed E-state index contributed by atoms with van der Waals surface area (Å²) in [6.07, 6.45) is -6.14. The molecule has 0 aliphatic heterocycles. The summed E-state index contributed by atoms with van der Waals surface area (Å²) in [6, 6.07) is 0. The lowest BCUT2D eigenvalue weighted by molar-refractivity contribution is -0.0802. The van der Waals surface area contributed by atoms with Gasteiger partial charge in [0.2, 0.25) is 0 Å². The highest BCUT2D eigenvalue weighted by Crippen LogP contribution is 2.38. The number of rotatable bonds is 6. The van der Waals surface area contributed by atoms with Gasteiger partial charge in [0.05, 0.1) is 6.10 Å². The molecule has 9 heteroatoms. The van der Waals surface area contributed by atoms with Crippen LogP contribution in [0.5, 0.6) is 0 Å². The van der Waals surface area contributed by atoms with E-state index in [0.717, 1.165) is 5.37 Å². The zero-order valence-corrected chi connectivity index (χ0v) is 9.51. The monoisotopic (exact) mass is 260 g/mol. The molecule has 0 aromatic heterocycles. The third kappa shape index (κ3) is 5.64. The van der Waals surface area contributed by atoms with Crippen molar-refractivity contribution in [3.63, 3.8) is 0 Å². The Morgan fingerprint density at radius 2 is 1.73 bits per heavy atom. The van der Waals surface area contributed by atoms with Crippen molar-refractivity contribution in [3.8, 4) is 0 Å². The van der Waals surface area contributed by atoms with Crippen molar-refractivity contribution in [1.29, 1.82) is 0 Å². The van der Waals surface area contributed by atoms with Crippen molar-refractivity contribution in [2.24, 2.45) is 0 Å². The highest BCUT2D eigenvalue weighted by atomic mass is 32.1. The molecule has 0 spiro atoms. The van der Waals surface area contributed by atoms with Gasteiger partial charge in [-0.1, -0.05) is 12.2 Å². The molecule has 0 rings (SSSR count). The fraction of sp³-hybridized carbons (Fsp3) is 0.833. The van der Waals surface area contributed by atoms with E-state index in [4.69, 9.17) is 14.9 Å². The van der Waals surface area contributed by atoms with Gasteiger partial charge < -0.3 is 25.1 Å². The van der Waals surface area contributed by atoms with Gasteiger partial charge in [-0.25, -0.2) is 4.57 Å². The van der Waals surface area contributed by atoms with E-state index < -0.39 is 32.2 Å². The first-order valence-corrected chi connectivity index (χ1v) is 5.92. The first-order valence-electron chi connectivity index (χ1n) is 3.92. The molecule has 0 amide bonds. The predicted octanol–water partition coefficient (Wildman–Crippen LogP) is -1.43. The second-order valence-electron chi connectivity index (χ2n) is 2.92. The second-order valence-corrected chi connectivity index (χ2v) is 4.38. The average Bonchev–Trinajstić information content (AvgIpc) is 2.10. The van der Waals surface area contributed by atoms with E-state index in [1.165, 1.54) is 6.92 Å². The molecule has 0 aromatic carbocycles. The second kappa shape index (κ2) is 5.97. The minimum absolute atomic E-state index is 0.759. The summed E-state index contributed by atoms with van der Waals surface area (Å²) in [4.78, 5) is 16.9. The maximum absolute atomic E-state index is 10.4. The molecule has 0 saturated heterocycles. The van der Waals surface area contributed by atoms with Gasteiger partial charge >= 0.3 is 7.82 Å². The first kappa shape index (κ1) is 15.1. The molecule has 1 unspecified atom stereocenters. The van der Waals surface area contributed by atoms with Gasteiger partial charge in [-0.05, 0) is 6.92 Å². The van der Waals surface area contributed by atoms with Gasteiger partial charge in [-0.2, -0.15) is 0 Å². The molecule has 0 saturated carbocycles. The molecule has 0 aromatic rings. The molecular weight excluding hydrogens is 247 g/mol. The van der Waals surface area contributed by atoms with Crippen molar-refractivity contribution in [2.75, 3.05) is 0 Å². The van der Waals surface area contributed by atoms with Crippen LogP contribution in [0.3, 0.4) is 0 Å². The van der Waals surface area contributed by atoms with Crippen LogP contribution in [0.25, 0.3) is 0 Å². The summed E-state index contributed by atoms with van der Waals surface area (Å²) in [5, 5.41) is 28.2. The van der Waals surface area contributed by atoms with Crippen LogP contribution in [0.2, 0.25) is 0 Å². The third-order valence-corrected chi connectivity index (χ3v) is 2.36. The summed E-state index contributed by atoms with van der Waals surface area (Å²) < 4.78 is 14.6. The Balaban J connectivity index is 4.54. The van der Waals surface area contributed by atoms with E-state index in [9.17, 15) is 14.8 Å². The minimum atomic E-state index is -4.81. The number of aliphatic hydroxyl groups is 3. The van der Waals surface area contributed by atoms with E-state index >= 15 is 0 Å². The van der Waals surface area contributed by atoms with Crippen LogP contribution in [0.1, 0.15) is 6.92 Å². The maximum atomic E-state index is 10.4. The van der Waals surface area contributed by atoms with Crippen molar-refractivity contribution >= 4 is 25.4 Å². The Morgan fingerprint density at radius 1 is 1.27 bits per heavy atom. The molecule has 15 heavy (non-hydrogen) atoms. The van der Waals surface area contributed by atoms with Gasteiger partial charge in [-0.3, -0.25) is 4.52 Å². The van der Waals surface area contributed by atoms with Crippen molar-refractivity contribution in [3.05, 3.63) is 0 Å². The van der Waals surface area contributed by atoms with E-state index in [2.05, 4.69) is 16.7 Å². The molecule has 0 aliphatic rings. The summed E-state index contributed by atoms with van der Waals surface area (Å²) in [5.41, 5.74) is 0. The normalized spacial score (nSPS) is 20.4. The van der Waals surface area contributed by atoms with E-state index in [1.54, 1.807) is 0 Å². The van der Waals surface area contributed by atoms with Gasteiger partial charge in [0.1, 0.15) is 18.3 Å². The lowest BCUT2D eigenvalue weighted by Gasteiger charge is -2.25. The number of hydrogen-bond donors (Lipinski definition) is 5. The number of phosphoric acid groups is 1. The quantitative estimate of drug-likeness (QED) is 0.290. The van der Waals surface area contributed by atoms with Gasteiger partial charge in [0, 0.05) is 5.37 Å². The highest BCUT2D eigenvalue weighted by Gasteiger charge is 2.33. The number of hydrogen-bond acceptors (Lipinski definition) is 6. The third-order valence-electron chi connectivity index (χ3n) is 1.57. The Bertz CT molecular complexity index is 252. The predicted molar refractivity (Wildman–Crippen MR) is 54.3 cm³/mol. The molecule has 7 nitrogen and oxygen atoms in total. The summed E-state index contributed by atoms with van der Waals surface area (Å²) in [7, 11) is -4.81. The van der Waals surface area contributed by atoms with Gasteiger partial charge in [-0.15, -0.1) is 0 Å². The number of thiocarbonyl (C=S) groups is 1. The first-order chi connectivity index (χ1) is 6.69. The van der Waals surface area contributed by atoms with Crippen LogP contribution >= 0.6 is 20.0 Å².